The molecule has 0 radical (unpaired) electrons. The van der Waals surface area contributed by atoms with Crippen molar-refractivity contribution >= 4 is 27.6 Å². The standard InChI is InChI=1S/C24H23ClN2O5S/c25-19-9-11-20(12-10-19)32-24(18-6-2-1-3-7-18)15-27(16-24)33(30,31)21-8-4-5-17(13-21)14-22(26)23(28)29/h1-13,22H,14-16,26H2,(H,28,29)/t22-/m0/s1. The second-order valence-corrected chi connectivity index (χ2v) is 10.4. The van der Waals surface area contributed by atoms with Gasteiger partial charge in [-0.1, -0.05) is 54.1 Å². The van der Waals surface area contributed by atoms with E-state index in [1.54, 1.807) is 36.4 Å². The van der Waals surface area contributed by atoms with Crippen LogP contribution >= 0.6 is 11.6 Å². The Bertz CT molecular complexity index is 1240. The number of nitrogens with two attached hydrogens (primary N) is 1. The molecule has 4 rings (SSSR count). The van der Waals surface area contributed by atoms with E-state index < -0.39 is 27.6 Å². The van der Waals surface area contributed by atoms with E-state index in [2.05, 4.69) is 0 Å². The number of carbonyl (C=O) groups is 1. The van der Waals surface area contributed by atoms with Crippen LogP contribution in [0.4, 0.5) is 0 Å². The molecule has 0 saturated carbocycles. The van der Waals surface area contributed by atoms with Gasteiger partial charge < -0.3 is 15.6 Å². The molecule has 3 aromatic rings. The van der Waals surface area contributed by atoms with Crippen molar-refractivity contribution in [3.05, 3.63) is 95.0 Å². The van der Waals surface area contributed by atoms with Gasteiger partial charge in [-0.25, -0.2) is 8.42 Å². The maximum atomic E-state index is 13.3. The highest BCUT2D eigenvalue weighted by Crippen LogP contribution is 2.40. The Kier molecular flexibility index (Phi) is 6.45. The quantitative estimate of drug-likeness (QED) is 0.505. The number of hydrogen-bond donors (Lipinski definition) is 2. The molecule has 0 unspecified atom stereocenters. The maximum Gasteiger partial charge on any atom is 0.320 e. The van der Waals surface area contributed by atoms with Gasteiger partial charge in [-0.2, -0.15) is 4.31 Å². The largest absolute Gasteiger partial charge is 0.480 e. The minimum atomic E-state index is -3.81. The zero-order valence-electron chi connectivity index (χ0n) is 17.6. The number of hydrogen-bond acceptors (Lipinski definition) is 5. The lowest BCUT2D eigenvalue weighted by Crippen LogP contribution is -2.64. The summed E-state index contributed by atoms with van der Waals surface area (Å²) in [5.74, 6) is -0.553. The fourth-order valence-electron chi connectivity index (χ4n) is 3.79. The zero-order chi connectivity index (χ0) is 23.6. The predicted molar refractivity (Wildman–Crippen MR) is 125 cm³/mol. The summed E-state index contributed by atoms with van der Waals surface area (Å²) in [6.45, 7) is 0.252. The fourth-order valence-corrected chi connectivity index (χ4v) is 5.52. The number of nitrogens with zero attached hydrogens (tertiary/aromatic N) is 1. The average molecular weight is 487 g/mol. The van der Waals surface area contributed by atoms with Crippen molar-refractivity contribution in [1.29, 1.82) is 0 Å². The molecule has 1 fully saturated rings. The second kappa shape index (κ2) is 9.15. The van der Waals surface area contributed by atoms with E-state index >= 15 is 0 Å². The molecule has 9 heteroatoms. The number of benzene rings is 3. The number of halogens is 1. The average Bonchev–Trinajstić information content (AvgIpc) is 2.78. The smallest absolute Gasteiger partial charge is 0.320 e. The Hall–Kier alpha value is -2.91. The summed E-state index contributed by atoms with van der Waals surface area (Å²) in [4.78, 5) is 11.1. The van der Waals surface area contributed by atoms with Gasteiger partial charge in [-0.05, 0) is 53.9 Å². The Morgan fingerprint density at radius 3 is 2.36 bits per heavy atom. The Balaban J connectivity index is 1.58. The minimum absolute atomic E-state index is 0.0341. The Labute approximate surface area is 197 Å². The first-order valence-corrected chi connectivity index (χ1v) is 12.1. The van der Waals surface area contributed by atoms with E-state index in [9.17, 15) is 13.2 Å². The lowest BCUT2D eigenvalue weighted by atomic mass is 9.87. The van der Waals surface area contributed by atoms with Crippen LogP contribution in [0.3, 0.4) is 0 Å². The van der Waals surface area contributed by atoms with Gasteiger partial charge in [0.25, 0.3) is 0 Å². The van der Waals surface area contributed by atoms with Crippen LogP contribution in [0.2, 0.25) is 5.02 Å². The Morgan fingerprint density at radius 2 is 1.73 bits per heavy atom. The van der Waals surface area contributed by atoms with Gasteiger partial charge in [0.2, 0.25) is 10.0 Å². The molecule has 1 aliphatic heterocycles. The molecule has 0 spiro atoms. The first-order chi connectivity index (χ1) is 15.7. The lowest BCUT2D eigenvalue weighted by molar-refractivity contribution is -0.138. The highest BCUT2D eigenvalue weighted by Gasteiger charge is 2.52. The summed E-state index contributed by atoms with van der Waals surface area (Å²) in [5.41, 5.74) is 6.17. The van der Waals surface area contributed by atoms with Crippen molar-refractivity contribution in [1.82, 2.24) is 4.31 Å². The molecule has 1 heterocycles. The van der Waals surface area contributed by atoms with Crippen LogP contribution in [-0.4, -0.2) is 42.9 Å². The molecular formula is C24H23ClN2O5S. The van der Waals surface area contributed by atoms with Gasteiger partial charge in [0.1, 0.15) is 11.8 Å². The molecule has 1 atom stereocenters. The van der Waals surface area contributed by atoms with Crippen molar-refractivity contribution < 1.29 is 23.1 Å². The van der Waals surface area contributed by atoms with Gasteiger partial charge in [0, 0.05) is 5.02 Å². The summed E-state index contributed by atoms with van der Waals surface area (Å²) >= 11 is 5.98. The molecule has 1 aliphatic rings. The van der Waals surface area contributed by atoms with Crippen molar-refractivity contribution in [2.45, 2.75) is 23.0 Å². The molecule has 33 heavy (non-hydrogen) atoms. The first-order valence-electron chi connectivity index (χ1n) is 10.3. The monoisotopic (exact) mass is 486 g/mol. The van der Waals surface area contributed by atoms with E-state index in [0.29, 0.717) is 16.3 Å². The van der Waals surface area contributed by atoms with E-state index in [4.69, 9.17) is 27.2 Å². The van der Waals surface area contributed by atoms with Crippen LogP contribution in [0.25, 0.3) is 0 Å². The third kappa shape index (κ3) is 4.89. The number of sulfonamides is 1. The minimum Gasteiger partial charge on any atom is -0.480 e. The number of carboxylic acid groups (broad SMARTS) is 1. The summed E-state index contributed by atoms with van der Waals surface area (Å²) in [5, 5.41) is 9.62. The van der Waals surface area contributed by atoms with E-state index in [1.165, 1.54) is 16.4 Å². The fraction of sp³-hybridized carbons (Fsp3) is 0.208. The molecule has 0 amide bonds. The van der Waals surface area contributed by atoms with Crippen molar-refractivity contribution in [2.24, 2.45) is 5.73 Å². The predicted octanol–water partition coefficient (Wildman–Crippen LogP) is 3.27. The van der Waals surface area contributed by atoms with Gasteiger partial charge in [-0.15, -0.1) is 0 Å². The van der Waals surface area contributed by atoms with Crippen molar-refractivity contribution in [3.8, 4) is 5.75 Å². The van der Waals surface area contributed by atoms with Gasteiger partial charge in [0.15, 0.2) is 5.60 Å². The summed E-state index contributed by atoms with van der Waals surface area (Å²) in [6.07, 6.45) is 0.0341. The number of rotatable bonds is 8. The maximum absolute atomic E-state index is 13.3. The van der Waals surface area contributed by atoms with E-state index in [0.717, 1.165) is 5.56 Å². The van der Waals surface area contributed by atoms with Crippen LogP contribution in [0.5, 0.6) is 5.75 Å². The first kappa shape index (κ1) is 23.3. The summed E-state index contributed by atoms with van der Waals surface area (Å²) in [7, 11) is -3.81. The number of ether oxygens (including phenoxy) is 1. The molecule has 7 nitrogen and oxygen atoms in total. The van der Waals surface area contributed by atoms with Crippen LogP contribution < -0.4 is 10.5 Å². The third-order valence-electron chi connectivity index (χ3n) is 5.60. The molecular weight excluding hydrogens is 464 g/mol. The normalized spacial score (nSPS) is 16.5. The highest BCUT2D eigenvalue weighted by atomic mass is 35.5. The van der Waals surface area contributed by atoms with Gasteiger partial charge in [-0.3, -0.25) is 4.79 Å². The van der Waals surface area contributed by atoms with Crippen LogP contribution in [-0.2, 0) is 26.8 Å². The molecule has 0 bridgehead atoms. The second-order valence-electron chi connectivity index (χ2n) is 7.99. The van der Waals surface area contributed by atoms with Gasteiger partial charge >= 0.3 is 5.97 Å². The zero-order valence-corrected chi connectivity index (χ0v) is 19.2. The third-order valence-corrected chi connectivity index (χ3v) is 7.64. The van der Waals surface area contributed by atoms with Crippen molar-refractivity contribution in [3.63, 3.8) is 0 Å². The summed E-state index contributed by atoms with van der Waals surface area (Å²) < 4.78 is 34.3. The number of aliphatic carboxylic acids is 1. The Morgan fingerprint density at radius 1 is 1.06 bits per heavy atom. The summed E-state index contributed by atoms with van der Waals surface area (Å²) in [6, 6.07) is 21.5. The van der Waals surface area contributed by atoms with Crippen LogP contribution in [0.1, 0.15) is 11.1 Å². The van der Waals surface area contributed by atoms with Crippen LogP contribution in [0, 0.1) is 0 Å². The highest BCUT2D eigenvalue weighted by molar-refractivity contribution is 7.89. The van der Waals surface area contributed by atoms with E-state index in [-0.39, 0.29) is 24.4 Å². The molecule has 3 N–H and O–H groups in total. The molecule has 172 valence electrons. The topological polar surface area (TPSA) is 110 Å². The molecule has 0 aromatic heterocycles. The van der Waals surface area contributed by atoms with Crippen LogP contribution in [0.15, 0.2) is 83.8 Å². The molecule has 1 saturated heterocycles. The number of carboxylic acids is 1. The van der Waals surface area contributed by atoms with Gasteiger partial charge in [0.05, 0.1) is 18.0 Å². The SMILES string of the molecule is N[C@@H](Cc1cccc(S(=O)(=O)N2CC(Oc3ccc(Cl)cc3)(c3ccccc3)C2)c1)C(=O)O. The molecule has 3 aromatic carbocycles. The lowest BCUT2D eigenvalue weighted by Gasteiger charge is -2.48. The van der Waals surface area contributed by atoms with E-state index in [1.807, 2.05) is 30.3 Å². The van der Waals surface area contributed by atoms with Crippen molar-refractivity contribution in [2.75, 3.05) is 13.1 Å². The molecule has 0 aliphatic carbocycles.